The van der Waals surface area contributed by atoms with Crippen LogP contribution in [0.5, 0.6) is 0 Å². The van der Waals surface area contributed by atoms with Gasteiger partial charge in [-0.25, -0.2) is 4.39 Å². The van der Waals surface area contributed by atoms with Gasteiger partial charge in [-0.1, -0.05) is 15.9 Å². The maximum atomic E-state index is 13.8. The van der Waals surface area contributed by atoms with Crippen molar-refractivity contribution in [3.05, 3.63) is 34.1 Å². The average molecular weight is 347 g/mol. The predicted octanol–water partition coefficient (Wildman–Crippen LogP) is 3.59. The molecular weight excluding hydrogens is 331 g/mol. The van der Waals surface area contributed by atoms with Crippen molar-refractivity contribution in [1.82, 2.24) is 4.72 Å². The highest BCUT2D eigenvalue weighted by molar-refractivity contribution is 9.10. The van der Waals surface area contributed by atoms with E-state index in [4.69, 9.17) is 5.26 Å². The van der Waals surface area contributed by atoms with Gasteiger partial charge in [0.05, 0.1) is 18.5 Å². The third-order valence-electron chi connectivity index (χ3n) is 2.43. The van der Waals surface area contributed by atoms with Gasteiger partial charge < -0.3 is 4.55 Å². The first kappa shape index (κ1) is 16.4. The van der Waals surface area contributed by atoms with E-state index in [9.17, 15) is 8.94 Å². The maximum absolute atomic E-state index is 13.8. The second-order valence-corrected chi connectivity index (χ2v) is 7.99. The molecule has 0 saturated carbocycles. The first-order valence-corrected chi connectivity index (χ1v) is 7.70. The number of nitriles is 1. The van der Waals surface area contributed by atoms with Crippen LogP contribution in [0.1, 0.15) is 38.8 Å². The van der Waals surface area contributed by atoms with Crippen molar-refractivity contribution < 1.29 is 8.94 Å². The van der Waals surface area contributed by atoms with Crippen LogP contribution in [-0.4, -0.2) is 9.30 Å². The van der Waals surface area contributed by atoms with Gasteiger partial charge in [0.1, 0.15) is 10.6 Å². The van der Waals surface area contributed by atoms with E-state index in [0.29, 0.717) is 5.56 Å². The van der Waals surface area contributed by atoms with Crippen LogP contribution in [0.3, 0.4) is 0 Å². The Labute approximate surface area is 124 Å². The molecule has 1 aromatic rings. The molecule has 1 aromatic carbocycles. The fourth-order valence-corrected chi connectivity index (χ4v) is 2.60. The molecule has 0 amide bonds. The topological polar surface area (TPSA) is 58.9 Å². The number of nitrogens with zero attached hydrogens (tertiary/aromatic N) is 1. The minimum absolute atomic E-state index is 0.0508. The van der Waals surface area contributed by atoms with Crippen molar-refractivity contribution in [3.8, 4) is 6.07 Å². The van der Waals surface area contributed by atoms with Gasteiger partial charge in [0, 0.05) is 21.4 Å². The standard InChI is InChI=1S/C13H16BrFN2OS/c1-13(2,3)19(18)17-12(6-7-16)10-8-9(14)4-5-11(10)15/h4-5,8,12,17H,6H2,1-3H3/t12-,19-/m1/s1. The smallest absolute Gasteiger partial charge is 0.136 e. The Morgan fingerprint density at radius 2 is 2.16 bits per heavy atom. The Bertz CT molecular complexity index is 485. The van der Waals surface area contributed by atoms with Crippen molar-refractivity contribution in [2.75, 3.05) is 0 Å². The van der Waals surface area contributed by atoms with Crippen molar-refractivity contribution in [1.29, 1.82) is 5.26 Å². The minimum Gasteiger partial charge on any atom is -0.598 e. The molecule has 0 aliphatic rings. The van der Waals surface area contributed by atoms with E-state index < -0.39 is 28.0 Å². The summed E-state index contributed by atoms with van der Waals surface area (Å²) < 4.78 is 29.0. The summed E-state index contributed by atoms with van der Waals surface area (Å²) in [4.78, 5) is 0. The Morgan fingerprint density at radius 3 is 2.68 bits per heavy atom. The van der Waals surface area contributed by atoms with E-state index in [1.54, 1.807) is 12.1 Å². The van der Waals surface area contributed by atoms with Crippen LogP contribution < -0.4 is 4.72 Å². The van der Waals surface area contributed by atoms with Crippen LogP contribution in [-0.2, 0) is 11.4 Å². The molecule has 0 saturated heterocycles. The Hall–Kier alpha value is -0.610. The number of benzene rings is 1. The predicted molar refractivity (Wildman–Crippen MR) is 78.1 cm³/mol. The summed E-state index contributed by atoms with van der Waals surface area (Å²) in [7, 11) is 0. The molecular formula is C13H16BrFN2OS. The van der Waals surface area contributed by atoms with Crippen molar-refractivity contribution >= 4 is 27.3 Å². The van der Waals surface area contributed by atoms with E-state index in [0.717, 1.165) is 4.47 Å². The second-order valence-electron chi connectivity index (χ2n) is 5.08. The van der Waals surface area contributed by atoms with Gasteiger partial charge in [-0.2, -0.15) is 5.26 Å². The summed E-state index contributed by atoms with van der Waals surface area (Å²) >= 11 is 1.90. The lowest BCUT2D eigenvalue weighted by Gasteiger charge is -2.27. The van der Waals surface area contributed by atoms with Gasteiger partial charge in [-0.05, 0) is 39.0 Å². The van der Waals surface area contributed by atoms with Gasteiger partial charge in [0.2, 0.25) is 0 Å². The Morgan fingerprint density at radius 1 is 1.53 bits per heavy atom. The normalized spacial score (nSPS) is 14.8. The van der Waals surface area contributed by atoms with Gasteiger partial charge in [-0.15, -0.1) is 4.72 Å². The van der Waals surface area contributed by atoms with E-state index >= 15 is 0 Å². The van der Waals surface area contributed by atoms with Crippen LogP contribution in [0.4, 0.5) is 4.39 Å². The molecule has 1 rings (SSSR count). The molecule has 0 radical (unpaired) electrons. The van der Waals surface area contributed by atoms with Crippen LogP contribution in [0, 0.1) is 17.1 Å². The minimum atomic E-state index is -1.37. The number of halogens is 2. The fraction of sp³-hybridized carbons (Fsp3) is 0.462. The zero-order chi connectivity index (χ0) is 14.6. The molecule has 19 heavy (non-hydrogen) atoms. The van der Waals surface area contributed by atoms with Crippen LogP contribution >= 0.6 is 15.9 Å². The summed E-state index contributed by atoms with van der Waals surface area (Å²) in [6.45, 7) is 5.45. The molecule has 6 heteroatoms. The first-order valence-electron chi connectivity index (χ1n) is 5.75. The maximum Gasteiger partial charge on any atom is 0.136 e. The fourth-order valence-electron chi connectivity index (χ4n) is 1.39. The third kappa shape index (κ3) is 4.77. The SMILES string of the molecule is CC(C)(C)[S@@+]([O-])N[C@H](CC#N)c1cc(Br)ccc1F. The molecule has 0 aromatic heterocycles. The Balaban J connectivity index is 3.01. The largest absolute Gasteiger partial charge is 0.598 e. The van der Waals surface area contributed by atoms with E-state index in [1.165, 1.54) is 6.07 Å². The summed E-state index contributed by atoms with van der Waals surface area (Å²) in [5, 5.41) is 8.85. The first-order chi connectivity index (χ1) is 8.75. The highest BCUT2D eigenvalue weighted by Crippen LogP contribution is 2.26. The number of hydrogen-bond acceptors (Lipinski definition) is 3. The van der Waals surface area contributed by atoms with E-state index in [-0.39, 0.29) is 6.42 Å². The zero-order valence-corrected chi connectivity index (χ0v) is 13.4. The zero-order valence-electron chi connectivity index (χ0n) is 11.0. The van der Waals surface area contributed by atoms with E-state index in [1.807, 2.05) is 26.8 Å². The molecule has 0 spiro atoms. The quantitative estimate of drug-likeness (QED) is 0.847. The summed E-state index contributed by atoms with van der Waals surface area (Å²) in [6, 6.07) is 5.91. The number of nitrogens with one attached hydrogen (secondary N) is 1. The molecule has 0 aliphatic heterocycles. The molecule has 0 heterocycles. The molecule has 104 valence electrons. The molecule has 0 aliphatic carbocycles. The van der Waals surface area contributed by atoms with Crippen molar-refractivity contribution in [2.24, 2.45) is 0 Å². The molecule has 0 fully saturated rings. The van der Waals surface area contributed by atoms with Crippen LogP contribution in [0.2, 0.25) is 0 Å². The Kier molecular flexibility index (Phi) is 5.81. The average Bonchev–Trinajstić information content (AvgIpc) is 2.30. The van der Waals surface area contributed by atoms with Crippen molar-refractivity contribution in [3.63, 3.8) is 0 Å². The molecule has 0 bridgehead atoms. The number of hydrogen-bond donors (Lipinski definition) is 1. The highest BCUT2D eigenvalue weighted by Gasteiger charge is 2.30. The second kappa shape index (κ2) is 6.71. The molecule has 2 atom stereocenters. The molecule has 0 unspecified atom stereocenters. The highest BCUT2D eigenvalue weighted by atomic mass is 79.9. The summed E-state index contributed by atoms with van der Waals surface area (Å²) in [5.41, 5.74) is 0.341. The van der Waals surface area contributed by atoms with Gasteiger partial charge in [0.15, 0.2) is 0 Å². The lowest BCUT2D eigenvalue weighted by molar-refractivity contribution is 0.513. The van der Waals surface area contributed by atoms with E-state index in [2.05, 4.69) is 20.7 Å². The van der Waals surface area contributed by atoms with Gasteiger partial charge >= 0.3 is 0 Å². The molecule has 1 N–H and O–H groups in total. The van der Waals surface area contributed by atoms with Crippen LogP contribution in [0.25, 0.3) is 0 Å². The monoisotopic (exact) mass is 346 g/mol. The van der Waals surface area contributed by atoms with Gasteiger partial charge in [0.25, 0.3) is 0 Å². The summed E-state index contributed by atoms with van der Waals surface area (Å²) in [5.74, 6) is -0.415. The number of rotatable bonds is 4. The van der Waals surface area contributed by atoms with Crippen molar-refractivity contribution in [2.45, 2.75) is 38.0 Å². The molecule has 3 nitrogen and oxygen atoms in total. The van der Waals surface area contributed by atoms with Gasteiger partial charge in [-0.3, -0.25) is 0 Å². The lowest BCUT2D eigenvalue weighted by atomic mass is 10.1. The lowest BCUT2D eigenvalue weighted by Crippen LogP contribution is -2.41. The summed E-state index contributed by atoms with van der Waals surface area (Å²) in [6.07, 6.45) is 0.0508. The third-order valence-corrected chi connectivity index (χ3v) is 4.54. The van der Waals surface area contributed by atoms with Crippen LogP contribution in [0.15, 0.2) is 22.7 Å².